The molecule has 0 spiro atoms. The maximum atomic E-state index is 9.78. The zero-order chi connectivity index (χ0) is 13.9. The van der Waals surface area contributed by atoms with Crippen LogP contribution in [0.5, 0.6) is 5.75 Å². The quantitative estimate of drug-likeness (QED) is 0.646. The highest BCUT2D eigenvalue weighted by molar-refractivity contribution is 5.90. The number of nitrogens with zero attached hydrogens (tertiary/aromatic N) is 2. The molecule has 0 saturated carbocycles. The highest BCUT2D eigenvalue weighted by atomic mass is 35.5. The standard InChI is InChI=1S/C15H14N4O.ClH/c1-16-14-10-6-2-3-7-11(10)17-15(19-14)18-12-8-4-5-9-13(12)20;/h2-9,20H,1H3,(H2,16,17,18,19);1H. The number of aromatic hydroxyl groups is 1. The number of phenolic OH excluding ortho intramolecular Hbond substituents is 1. The first-order valence-corrected chi connectivity index (χ1v) is 6.27. The number of para-hydroxylation sites is 3. The van der Waals surface area contributed by atoms with Crippen LogP contribution in [0.3, 0.4) is 0 Å². The van der Waals surface area contributed by atoms with Crippen LogP contribution in [0.2, 0.25) is 0 Å². The number of fused-ring (bicyclic) bond motifs is 1. The summed E-state index contributed by atoms with van der Waals surface area (Å²) in [5.74, 6) is 1.35. The molecule has 3 rings (SSSR count). The summed E-state index contributed by atoms with van der Waals surface area (Å²) in [6.07, 6.45) is 0. The fraction of sp³-hybridized carbons (Fsp3) is 0.0667. The van der Waals surface area contributed by atoms with Gasteiger partial charge in [0.15, 0.2) is 0 Å². The van der Waals surface area contributed by atoms with Crippen molar-refractivity contribution >= 4 is 40.8 Å². The molecule has 0 radical (unpaired) electrons. The van der Waals surface area contributed by atoms with Gasteiger partial charge in [-0.25, -0.2) is 4.98 Å². The van der Waals surface area contributed by atoms with Gasteiger partial charge in [0, 0.05) is 12.4 Å². The third-order valence-corrected chi connectivity index (χ3v) is 2.99. The lowest BCUT2D eigenvalue weighted by molar-refractivity contribution is 0.477. The van der Waals surface area contributed by atoms with Crippen molar-refractivity contribution in [2.75, 3.05) is 17.7 Å². The van der Waals surface area contributed by atoms with E-state index in [1.165, 1.54) is 0 Å². The van der Waals surface area contributed by atoms with E-state index in [9.17, 15) is 5.11 Å². The molecule has 2 aromatic carbocycles. The highest BCUT2D eigenvalue weighted by Crippen LogP contribution is 2.27. The number of anilines is 3. The Kier molecular flexibility index (Phi) is 4.45. The second-order valence-electron chi connectivity index (χ2n) is 4.31. The molecule has 0 aliphatic carbocycles. The van der Waals surface area contributed by atoms with Crippen molar-refractivity contribution in [3.63, 3.8) is 0 Å². The van der Waals surface area contributed by atoms with Crippen LogP contribution in [-0.4, -0.2) is 22.1 Å². The second-order valence-corrected chi connectivity index (χ2v) is 4.31. The van der Waals surface area contributed by atoms with Crippen LogP contribution in [-0.2, 0) is 0 Å². The molecule has 3 N–H and O–H groups in total. The number of aromatic nitrogens is 2. The van der Waals surface area contributed by atoms with E-state index in [0.717, 1.165) is 16.7 Å². The molecule has 0 amide bonds. The zero-order valence-electron chi connectivity index (χ0n) is 11.4. The Hall–Kier alpha value is -2.53. The van der Waals surface area contributed by atoms with Crippen LogP contribution in [0.4, 0.5) is 17.5 Å². The lowest BCUT2D eigenvalue weighted by Gasteiger charge is -2.10. The van der Waals surface area contributed by atoms with Crippen molar-refractivity contribution < 1.29 is 5.11 Å². The normalized spacial score (nSPS) is 9.95. The van der Waals surface area contributed by atoms with Crippen molar-refractivity contribution in [1.29, 1.82) is 0 Å². The van der Waals surface area contributed by atoms with Crippen molar-refractivity contribution in [3.8, 4) is 5.75 Å². The van der Waals surface area contributed by atoms with E-state index in [-0.39, 0.29) is 18.2 Å². The largest absolute Gasteiger partial charge is 0.506 e. The SMILES string of the molecule is CNc1nc(Nc2ccccc2O)nc2ccccc12.Cl. The first kappa shape index (κ1) is 14.9. The minimum Gasteiger partial charge on any atom is -0.506 e. The lowest BCUT2D eigenvalue weighted by Crippen LogP contribution is -2.02. The Morgan fingerprint density at radius 2 is 1.67 bits per heavy atom. The molecule has 1 heterocycles. The van der Waals surface area contributed by atoms with Gasteiger partial charge >= 0.3 is 0 Å². The summed E-state index contributed by atoms with van der Waals surface area (Å²) in [6.45, 7) is 0. The fourth-order valence-corrected chi connectivity index (χ4v) is 2.02. The molecule has 0 aliphatic heterocycles. The number of hydrogen-bond donors (Lipinski definition) is 3. The van der Waals surface area contributed by atoms with Gasteiger partial charge in [0.05, 0.1) is 11.2 Å². The van der Waals surface area contributed by atoms with Crippen molar-refractivity contribution in [3.05, 3.63) is 48.5 Å². The smallest absolute Gasteiger partial charge is 0.229 e. The average molecular weight is 303 g/mol. The summed E-state index contributed by atoms with van der Waals surface area (Å²) < 4.78 is 0. The Morgan fingerprint density at radius 1 is 0.952 bits per heavy atom. The first-order valence-electron chi connectivity index (χ1n) is 6.27. The molecular formula is C15H15ClN4O. The topological polar surface area (TPSA) is 70.1 Å². The van der Waals surface area contributed by atoms with E-state index < -0.39 is 0 Å². The molecule has 6 heteroatoms. The molecule has 5 nitrogen and oxygen atoms in total. The molecule has 21 heavy (non-hydrogen) atoms. The van der Waals surface area contributed by atoms with Crippen LogP contribution in [0, 0.1) is 0 Å². The highest BCUT2D eigenvalue weighted by Gasteiger charge is 2.07. The van der Waals surface area contributed by atoms with Gasteiger partial charge in [0.1, 0.15) is 11.6 Å². The van der Waals surface area contributed by atoms with Crippen molar-refractivity contribution in [1.82, 2.24) is 9.97 Å². The maximum Gasteiger partial charge on any atom is 0.229 e. The number of rotatable bonds is 3. The number of benzene rings is 2. The van der Waals surface area contributed by atoms with Crippen LogP contribution in [0.1, 0.15) is 0 Å². The molecule has 1 aromatic heterocycles. The third kappa shape index (κ3) is 2.98. The van der Waals surface area contributed by atoms with Gasteiger partial charge in [-0.05, 0) is 24.3 Å². The molecular weight excluding hydrogens is 288 g/mol. The zero-order valence-corrected chi connectivity index (χ0v) is 12.2. The number of nitrogens with one attached hydrogen (secondary N) is 2. The average Bonchev–Trinajstić information content (AvgIpc) is 2.49. The minimum atomic E-state index is 0. The second kappa shape index (κ2) is 6.28. The van der Waals surface area contributed by atoms with E-state index in [4.69, 9.17) is 0 Å². The molecule has 0 fully saturated rings. The van der Waals surface area contributed by atoms with E-state index >= 15 is 0 Å². The molecule has 0 unspecified atom stereocenters. The van der Waals surface area contributed by atoms with Crippen LogP contribution >= 0.6 is 12.4 Å². The van der Waals surface area contributed by atoms with Gasteiger partial charge in [-0.1, -0.05) is 24.3 Å². The van der Waals surface area contributed by atoms with Crippen molar-refractivity contribution in [2.45, 2.75) is 0 Å². The van der Waals surface area contributed by atoms with E-state index in [1.807, 2.05) is 37.4 Å². The maximum absolute atomic E-state index is 9.78. The van der Waals surface area contributed by atoms with Crippen LogP contribution in [0.25, 0.3) is 10.9 Å². The Bertz CT molecular complexity index is 763. The number of hydrogen-bond acceptors (Lipinski definition) is 5. The van der Waals surface area contributed by atoms with Gasteiger partial charge in [0.2, 0.25) is 5.95 Å². The molecule has 108 valence electrons. The fourth-order valence-electron chi connectivity index (χ4n) is 2.02. The number of phenols is 1. The van der Waals surface area contributed by atoms with Crippen molar-refractivity contribution in [2.24, 2.45) is 0 Å². The van der Waals surface area contributed by atoms with Gasteiger partial charge in [0.25, 0.3) is 0 Å². The first-order chi connectivity index (χ1) is 9.78. The molecule has 0 aliphatic rings. The summed E-state index contributed by atoms with van der Waals surface area (Å²) in [7, 11) is 1.82. The molecule has 0 bridgehead atoms. The summed E-state index contributed by atoms with van der Waals surface area (Å²) in [5.41, 5.74) is 1.41. The summed E-state index contributed by atoms with van der Waals surface area (Å²) in [5, 5.41) is 16.8. The van der Waals surface area contributed by atoms with Gasteiger partial charge < -0.3 is 15.7 Å². The molecule has 0 saturated heterocycles. The van der Waals surface area contributed by atoms with Gasteiger partial charge in [-0.15, -0.1) is 12.4 Å². The van der Waals surface area contributed by atoms with Gasteiger partial charge in [-0.2, -0.15) is 4.98 Å². The van der Waals surface area contributed by atoms with Gasteiger partial charge in [-0.3, -0.25) is 0 Å². The minimum absolute atomic E-state index is 0. The molecule has 0 atom stereocenters. The van der Waals surface area contributed by atoms with E-state index in [1.54, 1.807) is 18.2 Å². The summed E-state index contributed by atoms with van der Waals surface area (Å²) in [4.78, 5) is 8.86. The Morgan fingerprint density at radius 3 is 2.43 bits per heavy atom. The third-order valence-electron chi connectivity index (χ3n) is 2.99. The summed E-state index contributed by atoms with van der Waals surface area (Å²) in [6, 6.07) is 14.7. The Labute approximate surface area is 128 Å². The summed E-state index contributed by atoms with van der Waals surface area (Å²) >= 11 is 0. The monoisotopic (exact) mass is 302 g/mol. The predicted octanol–water partition coefficient (Wildman–Crippen LogP) is 3.54. The molecule has 3 aromatic rings. The van der Waals surface area contributed by atoms with E-state index in [0.29, 0.717) is 11.6 Å². The number of halogens is 1. The van der Waals surface area contributed by atoms with Crippen LogP contribution in [0.15, 0.2) is 48.5 Å². The predicted molar refractivity (Wildman–Crippen MR) is 87.7 cm³/mol. The Balaban J connectivity index is 0.00000161. The lowest BCUT2D eigenvalue weighted by atomic mass is 10.2. The van der Waals surface area contributed by atoms with Crippen LogP contribution < -0.4 is 10.6 Å². The van der Waals surface area contributed by atoms with E-state index in [2.05, 4.69) is 20.6 Å².